The quantitative estimate of drug-likeness (QED) is 0.800. The number of nitrogens with zero attached hydrogens (tertiary/aromatic N) is 1. The van der Waals surface area contributed by atoms with E-state index in [1.54, 1.807) is 0 Å². The van der Waals surface area contributed by atoms with E-state index in [1.807, 2.05) is 4.90 Å². The normalized spacial score (nSPS) is 24.9. The SMILES string of the molecule is CCC(CC)C(=O)N1CCC(N)C(C)(C)C1. The second-order valence-electron chi connectivity index (χ2n) is 5.66. The summed E-state index contributed by atoms with van der Waals surface area (Å²) in [5, 5.41) is 0. The average Bonchev–Trinajstić information content (AvgIpc) is 2.23. The summed E-state index contributed by atoms with van der Waals surface area (Å²) in [6.45, 7) is 10.1. The topological polar surface area (TPSA) is 46.3 Å². The van der Waals surface area contributed by atoms with Crippen LogP contribution in [0.25, 0.3) is 0 Å². The molecule has 94 valence electrons. The monoisotopic (exact) mass is 226 g/mol. The van der Waals surface area contributed by atoms with Crippen LogP contribution in [0.3, 0.4) is 0 Å². The van der Waals surface area contributed by atoms with E-state index in [1.165, 1.54) is 0 Å². The van der Waals surface area contributed by atoms with Crippen LogP contribution in [0, 0.1) is 11.3 Å². The zero-order valence-corrected chi connectivity index (χ0v) is 11.1. The molecule has 3 heteroatoms. The number of nitrogens with two attached hydrogens (primary N) is 1. The molecule has 0 radical (unpaired) electrons. The third kappa shape index (κ3) is 2.76. The highest BCUT2D eigenvalue weighted by Gasteiger charge is 2.36. The third-order valence-corrected chi connectivity index (χ3v) is 3.96. The first-order valence-corrected chi connectivity index (χ1v) is 6.46. The summed E-state index contributed by atoms with van der Waals surface area (Å²) in [4.78, 5) is 14.3. The van der Waals surface area contributed by atoms with Gasteiger partial charge in [-0.3, -0.25) is 4.79 Å². The summed E-state index contributed by atoms with van der Waals surface area (Å²) >= 11 is 0. The van der Waals surface area contributed by atoms with Crippen LogP contribution >= 0.6 is 0 Å². The predicted octanol–water partition coefficient (Wildman–Crippen LogP) is 2.01. The summed E-state index contributed by atoms with van der Waals surface area (Å²) in [6.07, 6.45) is 2.81. The highest BCUT2D eigenvalue weighted by Crippen LogP contribution is 2.29. The summed E-state index contributed by atoms with van der Waals surface area (Å²) in [5.41, 5.74) is 6.13. The first-order valence-electron chi connectivity index (χ1n) is 6.46. The molecule has 3 nitrogen and oxygen atoms in total. The second kappa shape index (κ2) is 5.17. The maximum absolute atomic E-state index is 12.2. The smallest absolute Gasteiger partial charge is 0.225 e. The highest BCUT2D eigenvalue weighted by molar-refractivity contribution is 5.78. The van der Waals surface area contributed by atoms with Gasteiger partial charge in [0.2, 0.25) is 5.91 Å². The largest absolute Gasteiger partial charge is 0.342 e. The Labute approximate surface area is 99.4 Å². The average molecular weight is 226 g/mol. The van der Waals surface area contributed by atoms with Crippen LogP contribution in [0.2, 0.25) is 0 Å². The zero-order chi connectivity index (χ0) is 12.3. The summed E-state index contributed by atoms with van der Waals surface area (Å²) in [6, 6.07) is 0.221. The molecule has 0 aromatic heterocycles. The number of carbonyl (C=O) groups excluding carboxylic acids is 1. The van der Waals surface area contributed by atoms with Gasteiger partial charge >= 0.3 is 0 Å². The Bertz CT molecular complexity index is 246. The first-order chi connectivity index (χ1) is 7.42. The molecular formula is C13H26N2O. The molecule has 1 aliphatic rings. The van der Waals surface area contributed by atoms with Crippen LogP contribution in [-0.2, 0) is 4.79 Å². The van der Waals surface area contributed by atoms with Crippen LogP contribution in [0.5, 0.6) is 0 Å². The molecule has 0 bridgehead atoms. The van der Waals surface area contributed by atoms with Gasteiger partial charge in [0, 0.05) is 25.0 Å². The summed E-state index contributed by atoms with van der Waals surface area (Å²) in [7, 11) is 0. The Balaban J connectivity index is 2.65. The number of rotatable bonds is 3. The Morgan fingerprint density at radius 2 is 2.00 bits per heavy atom. The molecule has 0 saturated carbocycles. The summed E-state index contributed by atoms with van der Waals surface area (Å²) < 4.78 is 0. The van der Waals surface area contributed by atoms with E-state index < -0.39 is 0 Å². The van der Waals surface area contributed by atoms with Gasteiger partial charge in [0.1, 0.15) is 0 Å². The lowest BCUT2D eigenvalue weighted by Gasteiger charge is -2.43. The van der Waals surface area contributed by atoms with E-state index in [-0.39, 0.29) is 17.4 Å². The summed E-state index contributed by atoms with van der Waals surface area (Å²) in [5.74, 6) is 0.523. The van der Waals surface area contributed by atoms with Gasteiger partial charge in [-0.25, -0.2) is 0 Å². The van der Waals surface area contributed by atoms with E-state index in [9.17, 15) is 4.79 Å². The van der Waals surface area contributed by atoms with Gasteiger partial charge in [0.05, 0.1) is 0 Å². The molecule has 0 aliphatic carbocycles. The van der Waals surface area contributed by atoms with E-state index >= 15 is 0 Å². The van der Waals surface area contributed by atoms with Gasteiger partial charge in [0.25, 0.3) is 0 Å². The van der Waals surface area contributed by atoms with E-state index in [4.69, 9.17) is 5.73 Å². The maximum atomic E-state index is 12.2. The van der Waals surface area contributed by atoms with Crippen molar-refractivity contribution in [3.63, 3.8) is 0 Å². The minimum absolute atomic E-state index is 0.0555. The van der Waals surface area contributed by atoms with Gasteiger partial charge in [0.15, 0.2) is 0 Å². The van der Waals surface area contributed by atoms with Crippen molar-refractivity contribution in [1.82, 2.24) is 4.90 Å². The molecule has 1 saturated heterocycles. The minimum Gasteiger partial charge on any atom is -0.342 e. The molecule has 1 fully saturated rings. The number of hydrogen-bond acceptors (Lipinski definition) is 2. The van der Waals surface area contributed by atoms with Gasteiger partial charge in [-0.2, -0.15) is 0 Å². The highest BCUT2D eigenvalue weighted by atomic mass is 16.2. The number of amides is 1. The zero-order valence-electron chi connectivity index (χ0n) is 11.1. The molecule has 1 heterocycles. The Morgan fingerprint density at radius 1 is 1.44 bits per heavy atom. The standard InChI is InChI=1S/C13H26N2O/c1-5-10(6-2)12(16)15-8-7-11(14)13(3,4)9-15/h10-11H,5-9,14H2,1-4H3. The maximum Gasteiger partial charge on any atom is 0.225 e. The number of likely N-dealkylation sites (tertiary alicyclic amines) is 1. The van der Waals surface area contributed by atoms with E-state index in [0.717, 1.165) is 32.4 Å². The Morgan fingerprint density at radius 3 is 2.44 bits per heavy atom. The van der Waals surface area contributed by atoms with Gasteiger partial charge in [-0.15, -0.1) is 0 Å². The molecule has 1 atom stereocenters. The molecule has 0 spiro atoms. The fourth-order valence-electron chi connectivity index (χ4n) is 2.46. The van der Waals surface area contributed by atoms with Crippen molar-refractivity contribution in [3.05, 3.63) is 0 Å². The molecule has 1 aliphatic heterocycles. The molecule has 0 aromatic rings. The second-order valence-corrected chi connectivity index (χ2v) is 5.66. The van der Waals surface area contributed by atoms with E-state index in [2.05, 4.69) is 27.7 Å². The van der Waals surface area contributed by atoms with Crippen LogP contribution in [0.15, 0.2) is 0 Å². The van der Waals surface area contributed by atoms with Crippen molar-refractivity contribution in [2.45, 2.75) is 53.0 Å². The predicted molar refractivity (Wildman–Crippen MR) is 67.0 cm³/mol. The third-order valence-electron chi connectivity index (χ3n) is 3.96. The van der Waals surface area contributed by atoms with Gasteiger partial charge in [-0.05, 0) is 24.7 Å². The lowest BCUT2D eigenvalue weighted by atomic mass is 9.79. The fourth-order valence-corrected chi connectivity index (χ4v) is 2.46. The van der Waals surface area contributed by atoms with Crippen molar-refractivity contribution in [1.29, 1.82) is 0 Å². The van der Waals surface area contributed by atoms with Gasteiger partial charge in [-0.1, -0.05) is 27.7 Å². The molecule has 16 heavy (non-hydrogen) atoms. The molecule has 1 rings (SSSR count). The van der Waals surface area contributed by atoms with Crippen molar-refractivity contribution < 1.29 is 4.79 Å². The fraction of sp³-hybridized carbons (Fsp3) is 0.923. The first kappa shape index (κ1) is 13.5. The van der Waals surface area contributed by atoms with Crippen molar-refractivity contribution in [3.8, 4) is 0 Å². The number of carbonyl (C=O) groups is 1. The van der Waals surface area contributed by atoms with Crippen LogP contribution in [0.4, 0.5) is 0 Å². The van der Waals surface area contributed by atoms with Crippen LogP contribution in [-0.4, -0.2) is 29.9 Å². The van der Waals surface area contributed by atoms with Crippen LogP contribution in [0.1, 0.15) is 47.0 Å². The van der Waals surface area contributed by atoms with Gasteiger partial charge < -0.3 is 10.6 Å². The van der Waals surface area contributed by atoms with Crippen LogP contribution < -0.4 is 5.73 Å². The molecule has 1 unspecified atom stereocenters. The number of hydrogen-bond donors (Lipinski definition) is 1. The minimum atomic E-state index is 0.0555. The Hall–Kier alpha value is -0.570. The molecule has 1 amide bonds. The Kier molecular flexibility index (Phi) is 4.36. The molecular weight excluding hydrogens is 200 g/mol. The lowest BCUT2D eigenvalue weighted by Crippen LogP contribution is -2.55. The molecule has 0 aromatic carbocycles. The molecule has 2 N–H and O–H groups in total. The van der Waals surface area contributed by atoms with Crippen molar-refractivity contribution >= 4 is 5.91 Å². The van der Waals surface area contributed by atoms with E-state index in [0.29, 0.717) is 5.91 Å². The van der Waals surface area contributed by atoms with Crippen molar-refractivity contribution in [2.24, 2.45) is 17.1 Å². The number of piperidine rings is 1. The van der Waals surface area contributed by atoms with Crippen molar-refractivity contribution in [2.75, 3.05) is 13.1 Å². The lowest BCUT2D eigenvalue weighted by molar-refractivity contribution is -0.139.